The Bertz CT molecular complexity index is 714. The van der Waals surface area contributed by atoms with Gasteiger partial charge in [0.05, 0.1) is 12.7 Å². The van der Waals surface area contributed by atoms with Crippen LogP contribution in [0.15, 0.2) is 35.8 Å². The second-order valence-corrected chi connectivity index (χ2v) is 6.61. The third-order valence-electron chi connectivity index (χ3n) is 3.81. The Kier molecular flexibility index (Phi) is 5.10. The molecule has 1 saturated carbocycles. The third-order valence-corrected chi connectivity index (χ3v) is 4.50. The zero-order valence-corrected chi connectivity index (χ0v) is 14.2. The van der Waals surface area contributed by atoms with Crippen LogP contribution in [-0.4, -0.2) is 41.9 Å². The molecule has 2 aromatic rings. The molecule has 0 spiro atoms. The van der Waals surface area contributed by atoms with Crippen molar-refractivity contribution in [3.05, 3.63) is 41.4 Å². The van der Waals surface area contributed by atoms with Crippen molar-refractivity contribution in [2.45, 2.75) is 12.8 Å². The monoisotopic (exact) mass is 345 g/mol. The second kappa shape index (κ2) is 7.44. The van der Waals surface area contributed by atoms with Crippen molar-refractivity contribution < 1.29 is 14.3 Å². The number of carbonyl (C=O) groups is 2. The molecule has 1 aromatic heterocycles. The average molecular weight is 345 g/mol. The summed E-state index contributed by atoms with van der Waals surface area (Å²) in [5, 5.41) is 5.05. The molecule has 0 atom stereocenters. The van der Waals surface area contributed by atoms with Gasteiger partial charge in [0.2, 0.25) is 5.91 Å². The highest BCUT2D eigenvalue weighted by atomic mass is 32.1. The van der Waals surface area contributed by atoms with E-state index in [0.29, 0.717) is 28.9 Å². The molecule has 0 radical (unpaired) electrons. The van der Waals surface area contributed by atoms with Crippen molar-refractivity contribution in [3.8, 4) is 5.75 Å². The van der Waals surface area contributed by atoms with Crippen molar-refractivity contribution in [2.24, 2.45) is 5.92 Å². The molecule has 1 aliphatic carbocycles. The summed E-state index contributed by atoms with van der Waals surface area (Å²) in [5.41, 5.74) is 0.475. The number of thiazole rings is 1. The predicted octanol–water partition coefficient (Wildman–Crippen LogP) is 2.64. The largest absolute Gasteiger partial charge is 0.496 e. The fraction of sp³-hybridized carbons (Fsp3) is 0.353. The molecule has 24 heavy (non-hydrogen) atoms. The van der Waals surface area contributed by atoms with Crippen LogP contribution in [0.1, 0.15) is 23.2 Å². The van der Waals surface area contributed by atoms with Gasteiger partial charge >= 0.3 is 0 Å². The van der Waals surface area contributed by atoms with Crippen molar-refractivity contribution in [1.29, 1.82) is 0 Å². The summed E-state index contributed by atoms with van der Waals surface area (Å²) >= 11 is 1.35. The van der Waals surface area contributed by atoms with Gasteiger partial charge < -0.3 is 15.0 Å². The molecule has 2 amide bonds. The van der Waals surface area contributed by atoms with Crippen LogP contribution < -0.4 is 10.1 Å². The number of hydrogen-bond acceptors (Lipinski definition) is 5. The molecular formula is C17H19N3O3S. The van der Waals surface area contributed by atoms with Crippen molar-refractivity contribution in [1.82, 2.24) is 9.88 Å². The van der Waals surface area contributed by atoms with Gasteiger partial charge in [-0.05, 0) is 30.9 Å². The number of nitrogens with zero attached hydrogens (tertiary/aromatic N) is 2. The fourth-order valence-corrected chi connectivity index (χ4v) is 2.99. The Balaban J connectivity index is 1.73. The second-order valence-electron chi connectivity index (χ2n) is 5.71. The molecule has 1 fully saturated rings. The van der Waals surface area contributed by atoms with Gasteiger partial charge in [-0.25, -0.2) is 4.98 Å². The number of ether oxygens (including phenoxy) is 1. The Hall–Kier alpha value is -2.41. The summed E-state index contributed by atoms with van der Waals surface area (Å²) in [6, 6.07) is 7.08. The molecular weight excluding hydrogens is 326 g/mol. The molecule has 3 rings (SSSR count). The maximum Gasteiger partial charge on any atom is 0.258 e. The summed E-state index contributed by atoms with van der Waals surface area (Å²) < 4.78 is 5.27. The van der Waals surface area contributed by atoms with E-state index in [4.69, 9.17) is 4.74 Å². The van der Waals surface area contributed by atoms with Gasteiger partial charge in [-0.1, -0.05) is 12.1 Å². The number of carbonyl (C=O) groups excluding carboxylic acids is 2. The van der Waals surface area contributed by atoms with Crippen LogP contribution in [-0.2, 0) is 4.79 Å². The number of benzene rings is 1. The first-order valence-corrected chi connectivity index (χ1v) is 8.67. The summed E-state index contributed by atoms with van der Waals surface area (Å²) in [6.07, 6.45) is 3.83. The van der Waals surface area contributed by atoms with E-state index in [1.165, 1.54) is 18.4 Å². The maximum absolute atomic E-state index is 12.9. The van der Waals surface area contributed by atoms with Crippen LogP contribution in [0, 0.1) is 5.92 Å². The Morgan fingerprint density at radius 1 is 1.38 bits per heavy atom. The summed E-state index contributed by atoms with van der Waals surface area (Å²) in [4.78, 5) is 30.7. The molecule has 6 nitrogen and oxygen atoms in total. The van der Waals surface area contributed by atoms with Gasteiger partial charge in [-0.2, -0.15) is 0 Å². The van der Waals surface area contributed by atoms with E-state index in [-0.39, 0.29) is 18.4 Å². The Morgan fingerprint density at radius 3 is 2.83 bits per heavy atom. The number of anilines is 1. The molecule has 0 unspecified atom stereocenters. The third kappa shape index (κ3) is 4.11. The molecule has 0 aliphatic heterocycles. The smallest absolute Gasteiger partial charge is 0.258 e. The zero-order chi connectivity index (χ0) is 16.9. The lowest BCUT2D eigenvalue weighted by Crippen LogP contribution is -2.39. The highest BCUT2D eigenvalue weighted by Gasteiger charge is 2.29. The Morgan fingerprint density at radius 2 is 2.17 bits per heavy atom. The molecule has 1 N–H and O–H groups in total. The van der Waals surface area contributed by atoms with E-state index in [1.807, 2.05) is 6.07 Å². The lowest BCUT2D eigenvalue weighted by molar-refractivity contribution is -0.116. The maximum atomic E-state index is 12.9. The number of amides is 2. The number of rotatable bonds is 7. The Labute approximate surface area is 144 Å². The minimum absolute atomic E-state index is 0.00691. The van der Waals surface area contributed by atoms with Crippen LogP contribution in [0.5, 0.6) is 5.75 Å². The molecule has 1 aromatic carbocycles. The lowest BCUT2D eigenvalue weighted by atomic mass is 10.1. The van der Waals surface area contributed by atoms with Crippen LogP contribution in [0.3, 0.4) is 0 Å². The summed E-state index contributed by atoms with van der Waals surface area (Å²) in [5.74, 6) is 0.572. The van der Waals surface area contributed by atoms with Crippen molar-refractivity contribution >= 4 is 28.3 Å². The number of methoxy groups -OCH3 is 1. The standard InChI is InChI=1S/C17H19N3O3S/c1-23-14-5-3-2-4-13(14)16(22)20(10-12-6-7-12)11-15(21)19-17-18-8-9-24-17/h2-5,8-9,12H,6-7,10-11H2,1H3,(H,18,19,21). The minimum Gasteiger partial charge on any atom is -0.496 e. The van der Waals surface area contributed by atoms with Crippen molar-refractivity contribution in [3.63, 3.8) is 0 Å². The average Bonchev–Trinajstić information content (AvgIpc) is 3.27. The first kappa shape index (κ1) is 16.4. The summed E-state index contributed by atoms with van der Waals surface area (Å²) in [7, 11) is 1.53. The van der Waals surface area contributed by atoms with Gasteiger partial charge in [-0.15, -0.1) is 11.3 Å². The first-order valence-electron chi connectivity index (χ1n) is 7.79. The number of hydrogen-bond donors (Lipinski definition) is 1. The quantitative estimate of drug-likeness (QED) is 0.837. The minimum atomic E-state index is -0.242. The van der Waals surface area contributed by atoms with E-state index in [9.17, 15) is 9.59 Å². The van der Waals surface area contributed by atoms with Gasteiger partial charge in [0.25, 0.3) is 5.91 Å². The predicted molar refractivity (Wildman–Crippen MR) is 92.4 cm³/mol. The van der Waals surface area contributed by atoms with Gasteiger partial charge in [0, 0.05) is 18.1 Å². The molecule has 0 bridgehead atoms. The van der Waals surface area contributed by atoms with Gasteiger partial charge in [0.1, 0.15) is 12.3 Å². The van der Waals surface area contributed by atoms with Crippen LogP contribution >= 0.6 is 11.3 Å². The van der Waals surface area contributed by atoms with E-state index in [2.05, 4.69) is 10.3 Å². The topological polar surface area (TPSA) is 71.5 Å². The molecule has 1 aliphatic rings. The molecule has 1 heterocycles. The fourth-order valence-electron chi connectivity index (χ4n) is 2.44. The van der Waals surface area contributed by atoms with Crippen LogP contribution in [0.2, 0.25) is 0 Å². The van der Waals surface area contributed by atoms with Crippen LogP contribution in [0.25, 0.3) is 0 Å². The van der Waals surface area contributed by atoms with E-state index in [0.717, 1.165) is 12.8 Å². The SMILES string of the molecule is COc1ccccc1C(=O)N(CC(=O)Nc1nccs1)CC1CC1. The van der Waals surface area contributed by atoms with E-state index in [1.54, 1.807) is 34.7 Å². The van der Waals surface area contributed by atoms with E-state index < -0.39 is 0 Å². The molecule has 0 saturated heterocycles. The highest BCUT2D eigenvalue weighted by Crippen LogP contribution is 2.31. The lowest BCUT2D eigenvalue weighted by Gasteiger charge is -2.23. The normalized spacial score (nSPS) is 13.4. The summed E-state index contributed by atoms with van der Waals surface area (Å²) in [6.45, 7) is 0.592. The first-order chi connectivity index (χ1) is 11.7. The van der Waals surface area contributed by atoms with E-state index >= 15 is 0 Å². The van der Waals surface area contributed by atoms with Crippen LogP contribution in [0.4, 0.5) is 5.13 Å². The molecule has 7 heteroatoms. The van der Waals surface area contributed by atoms with Gasteiger partial charge in [-0.3, -0.25) is 9.59 Å². The van der Waals surface area contributed by atoms with Gasteiger partial charge in [0.15, 0.2) is 5.13 Å². The van der Waals surface area contributed by atoms with Crippen molar-refractivity contribution in [2.75, 3.05) is 25.5 Å². The molecule has 126 valence electrons. The number of nitrogens with one attached hydrogen (secondary N) is 1. The number of para-hydroxylation sites is 1. The number of aromatic nitrogens is 1. The highest BCUT2D eigenvalue weighted by molar-refractivity contribution is 7.13. The zero-order valence-electron chi connectivity index (χ0n) is 13.4.